The molecule has 2 rings (SSSR count). The fourth-order valence-electron chi connectivity index (χ4n) is 1.51. The van der Waals surface area contributed by atoms with Gasteiger partial charge >= 0.3 is 0 Å². The Morgan fingerprint density at radius 1 is 1.56 bits per heavy atom. The van der Waals surface area contributed by atoms with E-state index in [0.717, 1.165) is 22.4 Å². The predicted molar refractivity (Wildman–Crippen MR) is 64.8 cm³/mol. The Hall–Kier alpha value is -0.580. The lowest BCUT2D eigenvalue weighted by atomic mass is 10.1. The molecule has 4 heteroatoms. The zero-order valence-corrected chi connectivity index (χ0v) is 11.0. The van der Waals surface area contributed by atoms with Gasteiger partial charge in [-0.2, -0.15) is 0 Å². The average Bonchev–Trinajstić information content (AvgIpc) is 3.10. The maximum absolute atomic E-state index is 5.72. The van der Waals surface area contributed by atoms with Gasteiger partial charge in [0.05, 0.1) is 30.9 Å². The van der Waals surface area contributed by atoms with Crippen LogP contribution in [0.1, 0.15) is 18.6 Å². The molecular weight excluding hydrogens is 272 g/mol. The van der Waals surface area contributed by atoms with Crippen LogP contribution in [0.5, 0.6) is 5.75 Å². The Balaban J connectivity index is 2.05. The van der Waals surface area contributed by atoms with Crippen molar-refractivity contribution in [2.24, 2.45) is 0 Å². The number of hydrogen-bond acceptors (Lipinski definition) is 3. The molecule has 1 aliphatic rings. The molecule has 0 amide bonds. The largest absolute Gasteiger partial charge is 0.496 e. The number of ether oxygens (including phenoxy) is 3. The van der Waals surface area contributed by atoms with E-state index in [2.05, 4.69) is 15.9 Å². The van der Waals surface area contributed by atoms with E-state index < -0.39 is 0 Å². The van der Waals surface area contributed by atoms with Gasteiger partial charge in [0, 0.05) is 0 Å². The first-order chi connectivity index (χ1) is 7.72. The average molecular weight is 287 g/mol. The second-order valence-corrected chi connectivity index (χ2v) is 4.59. The van der Waals surface area contributed by atoms with Crippen molar-refractivity contribution < 1.29 is 14.2 Å². The van der Waals surface area contributed by atoms with Gasteiger partial charge in [-0.1, -0.05) is 12.1 Å². The summed E-state index contributed by atoms with van der Waals surface area (Å²) in [6, 6.07) is 5.92. The van der Waals surface area contributed by atoms with Crippen molar-refractivity contribution >= 4 is 15.9 Å². The summed E-state index contributed by atoms with van der Waals surface area (Å²) in [6.07, 6.45) is 0.334. The zero-order chi connectivity index (χ0) is 11.5. The highest BCUT2D eigenvalue weighted by atomic mass is 79.9. The molecule has 1 aromatic carbocycles. The summed E-state index contributed by atoms with van der Waals surface area (Å²) in [7, 11) is 1.66. The topological polar surface area (TPSA) is 31.0 Å². The van der Waals surface area contributed by atoms with Crippen LogP contribution in [0.15, 0.2) is 22.7 Å². The SMILES string of the molecule is COc1cccc([C@@H](C)OC[C@H]2CO2)c1Br. The first-order valence-electron chi connectivity index (χ1n) is 5.28. The number of rotatable bonds is 5. The van der Waals surface area contributed by atoms with Crippen LogP contribution < -0.4 is 4.74 Å². The van der Waals surface area contributed by atoms with Gasteiger partial charge in [0.25, 0.3) is 0 Å². The Bertz CT molecular complexity index is 363. The maximum atomic E-state index is 5.72. The first-order valence-corrected chi connectivity index (χ1v) is 6.07. The van der Waals surface area contributed by atoms with Crippen LogP contribution in [0, 0.1) is 0 Å². The number of epoxide rings is 1. The van der Waals surface area contributed by atoms with Crippen molar-refractivity contribution in [3.63, 3.8) is 0 Å². The molecule has 0 radical (unpaired) electrons. The molecule has 1 saturated heterocycles. The van der Waals surface area contributed by atoms with Crippen LogP contribution >= 0.6 is 15.9 Å². The summed E-state index contributed by atoms with van der Waals surface area (Å²) in [5.74, 6) is 0.829. The van der Waals surface area contributed by atoms with Crippen LogP contribution in [0.25, 0.3) is 0 Å². The van der Waals surface area contributed by atoms with Crippen LogP contribution in [-0.2, 0) is 9.47 Å². The number of halogens is 1. The molecule has 0 spiro atoms. The van der Waals surface area contributed by atoms with Gasteiger partial charge in [-0.25, -0.2) is 0 Å². The van der Waals surface area contributed by atoms with E-state index in [-0.39, 0.29) is 6.10 Å². The third-order valence-electron chi connectivity index (χ3n) is 2.59. The molecule has 0 N–H and O–H groups in total. The molecular formula is C12H15BrO3. The number of benzene rings is 1. The van der Waals surface area contributed by atoms with E-state index >= 15 is 0 Å². The summed E-state index contributed by atoms with van der Waals surface area (Å²) >= 11 is 3.53. The van der Waals surface area contributed by atoms with E-state index in [1.807, 2.05) is 25.1 Å². The van der Waals surface area contributed by atoms with Crippen LogP contribution in [-0.4, -0.2) is 26.4 Å². The van der Waals surface area contributed by atoms with Gasteiger partial charge in [-0.15, -0.1) is 0 Å². The molecule has 0 aromatic heterocycles. The molecule has 0 bridgehead atoms. The fourth-order valence-corrected chi connectivity index (χ4v) is 2.25. The van der Waals surface area contributed by atoms with E-state index in [1.165, 1.54) is 0 Å². The predicted octanol–water partition coefficient (Wildman–Crippen LogP) is 2.93. The third-order valence-corrected chi connectivity index (χ3v) is 3.43. The van der Waals surface area contributed by atoms with Crippen LogP contribution in [0.3, 0.4) is 0 Å². The Morgan fingerprint density at radius 2 is 2.31 bits per heavy atom. The van der Waals surface area contributed by atoms with Crippen molar-refractivity contribution in [3.8, 4) is 5.75 Å². The zero-order valence-electron chi connectivity index (χ0n) is 9.40. The van der Waals surface area contributed by atoms with Crippen molar-refractivity contribution in [3.05, 3.63) is 28.2 Å². The Morgan fingerprint density at radius 3 is 2.94 bits per heavy atom. The first kappa shape index (κ1) is 11.9. The van der Waals surface area contributed by atoms with Gasteiger partial charge in [0.2, 0.25) is 0 Å². The quantitative estimate of drug-likeness (QED) is 0.780. The lowest BCUT2D eigenvalue weighted by molar-refractivity contribution is 0.0534. The van der Waals surface area contributed by atoms with E-state index in [9.17, 15) is 0 Å². The Labute approximate surface area is 104 Å². The second-order valence-electron chi connectivity index (χ2n) is 3.79. The summed E-state index contributed by atoms with van der Waals surface area (Å²) in [5.41, 5.74) is 1.10. The van der Waals surface area contributed by atoms with Crippen molar-refractivity contribution in [2.45, 2.75) is 19.1 Å². The molecule has 1 aromatic rings. The molecule has 0 saturated carbocycles. The summed E-state index contributed by atoms with van der Waals surface area (Å²) in [4.78, 5) is 0. The minimum Gasteiger partial charge on any atom is -0.496 e. The highest BCUT2D eigenvalue weighted by molar-refractivity contribution is 9.10. The molecule has 16 heavy (non-hydrogen) atoms. The molecule has 0 unspecified atom stereocenters. The lowest BCUT2D eigenvalue weighted by Gasteiger charge is -2.16. The summed E-state index contributed by atoms with van der Waals surface area (Å²) in [5, 5.41) is 0. The molecule has 1 aliphatic heterocycles. The van der Waals surface area contributed by atoms with E-state index in [4.69, 9.17) is 14.2 Å². The molecule has 3 nitrogen and oxygen atoms in total. The standard InChI is InChI=1S/C12H15BrO3/c1-8(15-6-9-7-16-9)10-4-3-5-11(14-2)12(10)13/h3-5,8-9H,6-7H2,1-2H3/t8-,9+/m1/s1. The van der Waals surface area contributed by atoms with Crippen LogP contribution in [0.4, 0.5) is 0 Å². The molecule has 88 valence electrons. The highest BCUT2D eigenvalue weighted by Gasteiger charge is 2.24. The monoisotopic (exact) mass is 286 g/mol. The van der Waals surface area contributed by atoms with Gasteiger partial charge in [0.1, 0.15) is 11.9 Å². The highest BCUT2D eigenvalue weighted by Crippen LogP contribution is 2.33. The summed E-state index contributed by atoms with van der Waals surface area (Å²) < 4.78 is 17.0. The molecule has 1 heterocycles. The van der Waals surface area contributed by atoms with Crippen LogP contribution in [0.2, 0.25) is 0 Å². The minimum absolute atomic E-state index is 0.0358. The fraction of sp³-hybridized carbons (Fsp3) is 0.500. The lowest BCUT2D eigenvalue weighted by Crippen LogP contribution is -2.07. The van der Waals surface area contributed by atoms with Gasteiger partial charge in [-0.05, 0) is 34.5 Å². The number of hydrogen-bond donors (Lipinski definition) is 0. The summed E-state index contributed by atoms with van der Waals surface area (Å²) in [6.45, 7) is 3.51. The molecule has 1 fully saturated rings. The van der Waals surface area contributed by atoms with Gasteiger partial charge in [-0.3, -0.25) is 0 Å². The van der Waals surface area contributed by atoms with Crippen molar-refractivity contribution in [1.29, 1.82) is 0 Å². The normalized spacial score (nSPS) is 20.6. The molecule has 0 aliphatic carbocycles. The molecule has 2 atom stereocenters. The van der Waals surface area contributed by atoms with Crippen molar-refractivity contribution in [1.82, 2.24) is 0 Å². The van der Waals surface area contributed by atoms with Gasteiger partial charge in [0.15, 0.2) is 0 Å². The van der Waals surface area contributed by atoms with Crippen molar-refractivity contribution in [2.75, 3.05) is 20.3 Å². The second kappa shape index (κ2) is 5.17. The smallest absolute Gasteiger partial charge is 0.133 e. The Kier molecular flexibility index (Phi) is 3.84. The maximum Gasteiger partial charge on any atom is 0.133 e. The van der Waals surface area contributed by atoms with Gasteiger partial charge < -0.3 is 14.2 Å². The van der Waals surface area contributed by atoms with E-state index in [0.29, 0.717) is 12.7 Å². The van der Waals surface area contributed by atoms with E-state index in [1.54, 1.807) is 7.11 Å². The minimum atomic E-state index is 0.0358. The number of methoxy groups -OCH3 is 1. The third kappa shape index (κ3) is 2.75.